The fraction of sp³-hybridized carbons (Fsp3) is 0.289. The quantitative estimate of drug-likeness (QED) is 0.170. The van der Waals surface area contributed by atoms with Crippen LogP contribution in [0, 0.1) is 23.7 Å². The monoisotopic (exact) mass is 764 g/mol. The molecule has 1 saturated carbocycles. The average Bonchev–Trinajstić information content (AvgIpc) is 3.78. The molecule has 2 aromatic heterocycles. The number of imide groups is 2. The van der Waals surface area contributed by atoms with E-state index < -0.39 is 82.9 Å². The number of halogens is 5. The fourth-order valence-electron chi connectivity index (χ4n) is 8.88. The zero-order valence-electron chi connectivity index (χ0n) is 27.8. The molecule has 4 heterocycles. The Labute approximate surface area is 310 Å². The molecule has 2 saturated heterocycles. The lowest BCUT2D eigenvalue weighted by Gasteiger charge is -2.49. The first kappa shape index (κ1) is 35.1. The molecule has 2 aromatic carbocycles. The zero-order valence-corrected chi connectivity index (χ0v) is 29.3. The standard InChI is InChI=1S/C38H29Cl2F3N4O6/c1-45(32-27(40)13-15-29(44-32)38(41,42)43)47-33(49)24-12-11-23-25(30(24)35(47)51)17-26-34(50)46(21-9-5-8-20(39)16-21)36(52)37(26,19-6-3-2-4-7-19)31(23)28-14-10-22(18-48)53-28/h2-11,13-16,24-26,30-31,48H,12,17-18H2,1H3. The summed E-state index contributed by atoms with van der Waals surface area (Å²) in [5.74, 6) is -7.21. The van der Waals surface area contributed by atoms with Crippen molar-refractivity contribution in [1.82, 2.24) is 9.99 Å². The van der Waals surface area contributed by atoms with Crippen molar-refractivity contribution < 1.29 is 41.9 Å². The maximum Gasteiger partial charge on any atom is 0.433 e. The van der Waals surface area contributed by atoms with Gasteiger partial charge in [0.15, 0.2) is 5.82 Å². The number of rotatable bonds is 6. The molecule has 2 aliphatic carbocycles. The summed E-state index contributed by atoms with van der Waals surface area (Å²) in [6.07, 6.45) is -2.98. The van der Waals surface area contributed by atoms with Crippen LogP contribution < -0.4 is 9.91 Å². The van der Waals surface area contributed by atoms with Gasteiger partial charge in [-0.25, -0.2) is 9.88 Å². The van der Waals surface area contributed by atoms with Crippen LogP contribution >= 0.6 is 23.2 Å². The van der Waals surface area contributed by atoms with Gasteiger partial charge < -0.3 is 9.52 Å². The predicted octanol–water partition coefficient (Wildman–Crippen LogP) is 6.71. The number of allylic oxidation sites excluding steroid dienone is 2. The molecule has 1 N–H and O–H groups in total. The van der Waals surface area contributed by atoms with E-state index in [-0.39, 0.29) is 35.1 Å². The van der Waals surface area contributed by atoms with Gasteiger partial charge in [0.05, 0.1) is 34.4 Å². The van der Waals surface area contributed by atoms with E-state index in [0.29, 0.717) is 22.2 Å². The first-order valence-electron chi connectivity index (χ1n) is 16.7. The largest absolute Gasteiger partial charge is 0.463 e. The number of anilines is 2. The molecule has 2 aliphatic heterocycles. The minimum Gasteiger partial charge on any atom is -0.463 e. The van der Waals surface area contributed by atoms with Gasteiger partial charge in [-0.3, -0.25) is 24.2 Å². The third-order valence-electron chi connectivity index (χ3n) is 11.0. The van der Waals surface area contributed by atoms with Gasteiger partial charge in [-0.15, -0.1) is 0 Å². The van der Waals surface area contributed by atoms with E-state index in [9.17, 15) is 32.7 Å². The summed E-state index contributed by atoms with van der Waals surface area (Å²) in [6.45, 7) is -0.441. The number of hydrogen-bond donors (Lipinski definition) is 1. The van der Waals surface area contributed by atoms with E-state index in [4.69, 9.17) is 27.6 Å². The summed E-state index contributed by atoms with van der Waals surface area (Å²) < 4.78 is 47.1. The van der Waals surface area contributed by atoms with Crippen molar-refractivity contribution in [3.63, 3.8) is 0 Å². The molecule has 3 fully saturated rings. The van der Waals surface area contributed by atoms with E-state index >= 15 is 4.79 Å². The number of carbonyl (C=O) groups is 4. The first-order valence-corrected chi connectivity index (χ1v) is 17.5. The lowest BCUT2D eigenvalue weighted by Crippen LogP contribution is -2.53. The number of carbonyl (C=O) groups excluding carboxylic acids is 4. The maximum absolute atomic E-state index is 15.2. The molecule has 0 radical (unpaired) electrons. The smallest absolute Gasteiger partial charge is 0.433 e. The number of aliphatic hydroxyl groups excluding tert-OH is 1. The number of hydrogen-bond acceptors (Lipinski definition) is 8. The van der Waals surface area contributed by atoms with Gasteiger partial charge in [0, 0.05) is 12.1 Å². The van der Waals surface area contributed by atoms with Crippen LogP contribution in [0.15, 0.2) is 94.9 Å². The number of aromatic nitrogens is 1. The van der Waals surface area contributed by atoms with Gasteiger partial charge in [-0.1, -0.05) is 71.2 Å². The van der Waals surface area contributed by atoms with Crippen LogP contribution in [0.5, 0.6) is 0 Å². The highest BCUT2D eigenvalue weighted by atomic mass is 35.5. The Morgan fingerprint density at radius 2 is 1.70 bits per heavy atom. The average molecular weight is 766 g/mol. The van der Waals surface area contributed by atoms with Crippen molar-refractivity contribution >= 4 is 58.3 Å². The van der Waals surface area contributed by atoms with Crippen LogP contribution in [-0.4, -0.2) is 45.8 Å². The molecule has 4 aliphatic rings. The number of furan rings is 1. The molecule has 4 aromatic rings. The minimum absolute atomic E-state index is 0.0211. The van der Waals surface area contributed by atoms with E-state index in [2.05, 4.69) is 4.98 Å². The van der Waals surface area contributed by atoms with Gasteiger partial charge in [-0.2, -0.15) is 18.2 Å². The summed E-state index contributed by atoms with van der Waals surface area (Å²) in [4.78, 5) is 63.4. The molecule has 4 amide bonds. The molecule has 10 nitrogen and oxygen atoms in total. The first-order chi connectivity index (χ1) is 25.3. The molecule has 0 bridgehead atoms. The maximum atomic E-state index is 15.2. The number of amides is 4. The molecule has 6 atom stereocenters. The SMILES string of the molecule is CN(c1nc(C(F)(F)F)ccc1Cl)N1C(=O)C2CC=C3C(CC4C(=O)N(c5cccc(Cl)c5)C(=O)C4(c4ccccc4)C3c3ccc(CO)o3)C2C1=O. The van der Waals surface area contributed by atoms with Gasteiger partial charge >= 0.3 is 6.18 Å². The van der Waals surface area contributed by atoms with E-state index in [1.165, 1.54) is 13.1 Å². The Balaban J connectivity index is 1.28. The molecule has 53 heavy (non-hydrogen) atoms. The van der Waals surface area contributed by atoms with Crippen molar-refractivity contribution in [3.8, 4) is 0 Å². The van der Waals surface area contributed by atoms with Crippen LogP contribution in [0.4, 0.5) is 24.7 Å². The van der Waals surface area contributed by atoms with Crippen LogP contribution in [0.2, 0.25) is 10.0 Å². The summed E-state index contributed by atoms with van der Waals surface area (Å²) in [5, 5.41) is 11.8. The van der Waals surface area contributed by atoms with Crippen molar-refractivity contribution in [2.45, 2.75) is 37.0 Å². The number of aliphatic hydroxyl groups is 1. The second-order valence-corrected chi connectivity index (χ2v) is 14.4. The van der Waals surface area contributed by atoms with Gasteiger partial charge in [0.25, 0.3) is 11.8 Å². The van der Waals surface area contributed by atoms with Crippen molar-refractivity contribution in [3.05, 3.63) is 123 Å². The number of nitrogens with zero attached hydrogens (tertiary/aromatic N) is 4. The van der Waals surface area contributed by atoms with Gasteiger partial charge in [-0.05, 0) is 66.8 Å². The van der Waals surface area contributed by atoms with Crippen molar-refractivity contribution in [1.29, 1.82) is 0 Å². The number of hydrazine groups is 1. The molecule has 15 heteroatoms. The summed E-state index contributed by atoms with van der Waals surface area (Å²) in [6, 6.07) is 20.1. The number of fused-ring (bicyclic) bond motifs is 4. The second kappa shape index (κ2) is 12.6. The van der Waals surface area contributed by atoms with E-state index in [0.717, 1.165) is 21.0 Å². The predicted molar refractivity (Wildman–Crippen MR) is 185 cm³/mol. The van der Waals surface area contributed by atoms with Gasteiger partial charge in [0.1, 0.15) is 29.2 Å². The fourth-order valence-corrected chi connectivity index (χ4v) is 9.29. The third kappa shape index (κ3) is 5.15. The summed E-state index contributed by atoms with van der Waals surface area (Å²) in [7, 11) is 1.24. The third-order valence-corrected chi connectivity index (χ3v) is 11.5. The molecule has 8 rings (SSSR count). The molecule has 6 unspecified atom stereocenters. The van der Waals surface area contributed by atoms with Crippen molar-refractivity contribution in [2.75, 3.05) is 17.0 Å². The Hall–Kier alpha value is -4.98. The van der Waals surface area contributed by atoms with Crippen LogP contribution in [0.25, 0.3) is 0 Å². The highest BCUT2D eigenvalue weighted by molar-refractivity contribution is 6.33. The van der Waals surface area contributed by atoms with Crippen molar-refractivity contribution in [2.24, 2.45) is 23.7 Å². The number of pyridine rings is 1. The Morgan fingerprint density at radius 1 is 0.943 bits per heavy atom. The topological polar surface area (TPSA) is 124 Å². The number of benzene rings is 2. The number of alkyl halides is 3. The highest BCUT2D eigenvalue weighted by Crippen LogP contribution is 2.64. The van der Waals surface area contributed by atoms with E-state index in [1.54, 1.807) is 60.7 Å². The van der Waals surface area contributed by atoms with Crippen LogP contribution in [0.1, 0.15) is 41.5 Å². The molecule has 0 spiro atoms. The zero-order chi connectivity index (χ0) is 37.6. The minimum atomic E-state index is -4.82. The Kier molecular flexibility index (Phi) is 8.32. The summed E-state index contributed by atoms with van der Waals surface area (Å²) in [5.41, 5.74) is -1.46. The molecule has 272 valence electrons. The molecular weight excluding hydrogens is 736 g/mol. The van der Waals surface area contributed by atoms with Crippen LogP contribution in [0.3, 0.4) is 0 Å². The lowest BCUT2D eigenvalue weighted by atomic mass is 9.50. The summed E-state index contributed by atoms with van der Waals surface area (Å²) >= 11 is 12.6. The normalized spacial score (nSPS) is 26.8. The highest BCUT2D eigenvalue weighted by Gasteiger charge is 2.71. The lowest BCUT2D eigenvalue weighted by molar-refractivity contribution is -0.141. The van der Waals surface area contributed by atoms with Gasteiger partial charge in [0.2, 0.25) is 11.8 Å². The van der Waals surface area contributed by atoms with Crippen LogP contribution in [-0.2, 0) is 37.4 Å². The Morgan fingerprint density at radius 3 is 2.38 bits per heavy atom. The second-order valence-electron chi connectivity index (χ2n) is 13.6. The van der Waals surface area contributed by atoms with E-state index in [1.807, 2.05) is 6.08 Å². The Bertz CT molecular complexity index is 2230. The molecular formula is C38H29Cl2F3N4O6.